The third-order valence-corrected chi connectivity index (χ3v) is 16.3. The molecule has 15 rings (SSSR count). The zero-order valence-corrected chi connectivity index (χ0v) is 42.7. The lowest BCUT2D eigenvalue weighted by atomic mass is 9.99. The summed E-state index contributed by atoms with van der Waals surface area (Å²) < 4.78 is 26.2. The Bertz CT molecular complexity index is 5010. The first-order valence-electron chi connectivity index (χ1n) is 25.8. The van der Waals surface area contributed by atoms with E-state index < -0.39 is 0 Å². The first kappa shape index (κ1) is 43.8. The fourth-order valence-corrected chi connectivity index (χ4v) is 11.9. The highest BCUT2D eigenvalue weighted by Crippen LogP contribution is 2.47. The van der Waals surface area contributed by atoms with Crippen LogP contribution in [0.2, 0.25) is 0 Å². The number of rotatable bonds is 6. The Morgan fingerprint density at radius 3 is 1.25 bits per heavy atom. The SMILES string of the molecule is Cc1cc(N(c2ccc3cc4c(cc3c2)oc2c4cc(C#N)c3oc4cc5cc(N(c6cc(C)c(C)c(C)c6)c6ccc7oc8ccccc8c7c6)ccc5cc4c32)c2ccc3oc4ccccc4c3c2)cc(C)c1C. The zero-order valence-electron chi connectivity index (χ0n) is 42.7. The summed E-state index contributed by atoms with van der Waals surface area (Å²) in [4.78, 5) is 4.66. The number of anilines is 6. The molecule has 76 heavy (non-hydrogen) atoms. The van der Waals surface area contributed by atoms with E-state index in [4.69, 9.17) is 17.7 Å². The van der Waals surface area contributed by atoms with Gasteiger partial charge in [0.1, 0.15) is 45.2 Å². The van der Waals surface area contributed by atoms with Gasteiger partial charge in [-0.2, -0.15) is 5.26 Å². The van der Waals surface area contributed by atoms with Crippen molar-refractivity contribution in [1.29, 1.82) is 5.26 Å². The van der Waals surface area contributed by atoms with E-state index in [9.17, 15) is 5.26 Å². The van der Waals surface area contributed by atoms with Gasteiger partial charge in [-0.1, -0.05) is 48.5 Å². The second-order valence-electron chi connectivity index (χ2n) is 20.7. The maximum Gasteiger partial charge on any atom is 0.156 e. The molecule has 0 spiro atoms. The molecule has 0 fully saturated rings. The Morgan fingerprint density at radius 1 is 0.316 bits per heavy atom. The summed E-state index contributed by atoms with van der Waals surface area (Å²) in [5.74, 6) is 0. The zero-order chi connectivity index (χ0) is 51.2. The molecule has 15 aromatic rings. The van der Waals surface area contributed by atoms with Gasteiger partial charge < -0.3 is 27.5 Å². The van der Waals surface area contributed by atoms with E-state index in [-0.39, 0.29) is 0 Å². The van der Waals surface area contributed by atoms with Gasteiger partial charge in [0.2, 0.25) is 0 Å². The van der Waals surface area contributed by atoms with Crippen molar-refractivity contribution in [3.05, 3.63) is 215 Å². The highest BCUT2D eigenvalue weighted by atomic mass is 16.3. The second-order valence-corrected chi connectivity index (χ2v) is 20.7. The molecule has 7 heteroatoms. The topological polar surface area (TPSA) is 82.8 Å². The molecule has 0 bridgehead atoms. The Kier molecular flexibility index (Phi) is 9.28. The number of hydrogen-bond acceptors (Lipinski definition) is 7. The fraction of sp³-hybridized carbons (Fsp3) is 0.0870. The average Bonchev–Trinajstić information content (AvgIpc) is 4.23. The molecule has 0 aliphatic carbocycles. The summed E-state index contributed by atoms with van der Waals surface area (Å²) in [7, 11) is 0. The van der Waals surface area contributed by atoms with Crippen LogP contribution in [0.4, 0.5) is 34.1 Å². The normalized spacial score (nSPS) is 12.1. The van der Waals surface area contributed by atoms with Crippen molar-refractivity contribution in [2.75, 3.05) is 9.80 Å². The Balaban J connectivity index is 0.876. The van der Waals surface area contributed by atoms with Crippen LogP contribution >= 0.6 is 0 Å². The summed E-state index contributed by atoms with van der Waals surface area (Å²) in [6.07, 6.45) is 0. The molecule has 4 heterocycles. The van der Waals surface area contributed by atoms with E-state index in [2.05, 4.69) is 203 Å². The summed E-state index contributed by atoms with van der Waals surface area (Å²) in [6.45, 7) is 13.1. The number of hydrogen-bond donors (Lipinski definition) is 0. The standard InChI is InChI=1S/C69H47N3O4/c1-37-23-52(24-38(2)41(37)5)71(50-19-21-63-57(34-50)54-11-7-9-13-61(54)73-63)48-17-15-43-29-56-59-31-47(36-70)68-67(69(59)76-65(56)32-45(43)27-48)60-30-44-16-18-49(28-46(44)33-66(60)75-68)72(53-25-39(3)42(6)40(4)26-53)51-20-22-64-58(35-51)55-12-8-10-14-62(55)74-64/h7-35H,1-6H3. The van der Waals surface area contributed by atoms with E-state index in [1.54, 1.807) is 0 Å². The van der Waals surface area contributed by atoms with Crippen LogP contribution in [-0.4, -0.2) is 0 Å². The maximum atomic E-state index is 10.7. The van der Waals surface area contributed by atoms with Crippen molar-refractivity contribution in [3.8, 4) is 6.07 Å². The number of aryl methyl sites for hydroxylation is 4. The molecule has 0 aliphatic heterocycles. The first-order valence-corrected chi connectivity index (χ1v) is 25.8. The van der Waals surface area contributed by atoms with Crippen LogP contribution in [-0.2, 0) is 0 Å². The summed E-state index contributed by atoms with van der Waals surface area (Å²) in [6, 6.07) is 64.6. The van der Waals surface area contributed by atoms with Gasteiger partial charge in [0.15, 0.2) is 5.58 Å². The average molecular weight is 982 g/mol. The van der Waals surface area contributed by atoms with Gasteiger partial charge in [-0.25, -0.2) is 0 Å². The third kappa shape index (κ3) is 6.53. The predicted octanol–water partition coefficient (Wildman–Crippen LogP) is 20.3. The van der Waals surface area contributed by atoms with Crippen molar-refractivity contribution < 1.29 is 17.7 Å². The van der Waals surface area contributed by atoms with Crippen LogP contribution in [0.3, 0.4) is 0 Å². The Labute approximate surface area is 436 Å². The molecule has 7 nitrogen and oxygen atoms in total. The van der Waals surface area contributed by atoms with E-state index in [1.807, 2.05) is 30.3 Å². The molecule has 4 aromatic heterocycles. The summed E-state index contributed by atoms with van der Waals surface area (Å²) in [5.41, 5.74) is 20.2. The molecule has 0 unspecified atom stereocenters. The molecular weight excluding hydrogens is 935 g/mol. The molecule has 0 amide bonds. The number of nitriles is 1. The van der Waals surface area contributed by atoms with Crippen molar-refractivity contribution in [2.24, 2.45) is 0 Å². The van der Waals surface area contributed by atoms with Gasteiger partial charge in [0.05, 0.1) is 10.9 Å². The lowest BCUT2D eigenvalue weighted by Crippen LogP contribution is -2.11. The smallest absolute Gasteiger partial charge is 0.156 e. The van der Waals surface area contributed by atoms with Crippen LogP contribution in [0.5, 0.6) is 0 Å². The molecule has 0 saturated carbocycles. The predicted molar refractivity (Wildman–Crippen MR) is 313 cm³/mol. The van der Waals surface area contributed by atoms with E-state index in [0.29, 0.717) is 22.3 Å². The molecule has 0 saturated heterocycles. The van der Waals surface area contributed by atoms with Gasteiger partial charge in [-0.3, -0.25) is 0 Å². The lowest BCUT2D eigenvalue weighted by Gasteiger charge is -2.27. The molecule has 0 atom stereocenters. The van der Waals surface area contributed by atoms with Crippen molar-refractivity contribution in [2.45, 2.75) is 41.5 Å². The third-order valence-electron chi connectivity index (χ3n) is 16.3. The van der Waals surface area contributed by atoms with Gasteiger partial charge >= 0.3 is 0 Å². The van der Waals surface area contributed by atoms with E-state index >= 15 is 0 Å². The first-order chi connectivity index (χ1) is 37.0. The van der Waals surface area contributed by atoms with E-state index in [0.717, 1.165) is 127 Å². The summed E-state index contributed by atoms with van der Waals surface area (Å²) in [5, 5.41) is 22.7. The van der Waals surface area contributed by atoms with Gasteiger partial charge in [0.25, 0.3) is 0 Å². The van der Waals surface area contributed by atoms with Crippen LogP contribution < -0.4 is 9.80 Å². The lowest BCUT2D eigenvalue weighted by molar-refractivity contribution is 0.662. The number of para-hydroxylation sites is 2. The molecule has 362 valence electrons. The minimum Gasteiger partial charge on any atom is -0.456 e. The molecule has 0 aliphatic rings. The highest BCUT2D eigenvalue weighted by molar-refractivity contribution is 6.25. The molecular formula is C69H47N3O4. The van der Waals surface area contributed by atoms with Crippen molar-refractivity contribution in [3.63, 3.8) is 0 Å². The number of fused-ring (bicyclic) bond motifs is 15. The van der Waals surface area contributed by atoms with Crippen molar-refractivity contribution >= 4 is 143 Å². The Morgan fingerprint density at radius 2 is 0.737 bits per heavy atom. The number of nitrogens with zero attached hydrogens (tertiary/aromatic N) is 3. The second kappa shape index (κ2) is 16.1. The molecule has 0 radical (unpaired) electrons. The fourth-order valence-electron chi connectivity index (χ4n) is 11.9. The van der Waals surface area contributed by atoms with E-state index in [1.165, 1.54) is 33.4 Å². The van der Waals surface area contributed by atoms with Crippen molar-refractivity contribution in [1.82, 2.24) is 0 Å². The van der Waals surface area contributed by atoms with Crippen LogP contribution in [0.25, 0.3) is 109 Å². The van der Waals surface area contributed by atoms with Gasteiger partial charge in [-0.05, 0) is 224 Å². The molecule has 0 N–H and O–H groups in total. The van der Waals surface area contributed by atoms with Crippen LogP contribution in [0.15, 0.2) is 194 Å². The minimum atomic E-state index is 0.460. The maximum absolute atomic E-state index is 10.7. The largest absolute Gasteiger partial charge is 0.456 e. The quantitative estimate of drug-likeness (QED) is 0.164. The highest BCUT2D eigenvalue weighted by Gasteiger charge is 2.24. The Hall–Kier alpha value is -9.77. The minimum absolute atomic E-state index is 0.460. The molecule has 11 aromatic carbocycles. The number of benzene rings is 11. The van der Waals surface area contributed by atoms with Gasteiger partial charge in [-0.15, -0.1) is 0 Å². The number of furan rings is 4. The van der Waals surface area contributed by atoms with Crippen LogP contribution in [0.1, 0.15) is 38.9 Å². The van der Waals surface area contributed by atoms with Gasteiger partial charge in [0, 0.05) is 71.8 Å². The van der Waals surface area contributed by atoms with Crippen LogP contribution in [0, 0.1) is 52.9 Å². The monoisotopic (exact) mass is 981 g/mol. The summed E-state index contributed by atoms with van der Waals surface area (Å²) >= 11 is 0.